The average Bonchev–Trinajstić information content (AvgIpc) is 3.45. The zero-order chi connectivity index (χ0) is 22.6. The van der Waals surface area contributed by atoms with Gasteiger partial charge in [0.2, 0.25) is 17.6 Å². The first-order valence-corrected chi connectivity index (χ1v) is 14.0. The number of sulfonamides is 1. The molecule has 0 atom stereocenters. The van der Waals surface area contributed by atoms with E-state index in [0.717, 1.165) is 12.8 Å². The molecular weight excluding hydrogens is 448 g/mol. The summed E-state index contributed by atoms with van der Waals surface area (Å²) in [5.41, 5.74) is 0.644. The fourth-order valence-electron chi connectivity index (χ4n) is 4.49. The number of piperidine rings is 1. The number of nitrogens with one attached hydrogen (secondary N) is 1. The van der Waals surface area contributed by atoms with Crippen LogP contribution in [0, 0.1) is 5.92 Å². The minimum atomic E-state index is -3.60. The number of aromatic nitrogens is 2. The van der Waals surface area contributed by atoms with E-state index in [9.17, 15) is 13.2 Å². The molecule has 1 amide bonds. The summed E-state index contributed by atoms with van der Waals surface area (Å²) in [5, 5.41) is 8.91. The van der Waals surface area contributed by atoms with Crippen molar-refractivity contribution < 1.29 is 17.7 Å². The van der Waals surface area contributed by atoms with Gasteiger partial charge in [-0.3, -0.25) is 4.79 Å². The van der Waals surface area contributed by atoms with Gasteiger partial charge >= 0.3 is 0 Å². The van der Waals surface area contributed by atoms with Gasteiger partial charge in [-0.1, -0.05) is 44.2 Å². The van der Waals surface area contributed by atoms with Crippen molar-refractivity contribution in [2.75, 3.05) is 13.1 Å². The Morgan fingerprint density at radius 1 is 1.16 bits per heavy atom. The molecule has 0 unspecified atom stereocenters. The maximum absolute atomic E-state index is 13.1. The zero-order valence-corrected chi connectivity index (χ0v) is 20.2. The van der Waals surface area contributed by atoms with Crippen molar-refractivity contribution >= 4 is 27.3 Å². The van der Waals surface area contributed by atoms with E-state index in [1.165, 1.54) is 47.7 Å². The highest BCUT2D eigenvalue weighted by Crippen LogP contribution is 2.31. The Labute approximate surface area is 193 Å². The molecule has 0 bridgehead atoms. The summed E-state index contributed by atoms with van der Waals surface area (Å²) < 4.78 is 33.2. The van der Waals surface area contributed by atoms with Crippen molar-refractivity contribution in [1.82, 2.24) is 19.8 Å². The van der Waals surface area contributed by atoms with Crippen LogP contribution in [0.3, 0.4) is 0 Å². The highest BCUT2D eigenvalue weighted by Gasteiger charge is 2.33. The first-order chi connectivity index (χ1) is 15.5. The predicted molar refractivity (Wildman–Crippen MR) is 123 cm³/mol. The Bertz CT molecular complexity index is 1000. The monoisotopic (exact) mass is 480 g/mol. The zero-order valence-electron chi connectivity index (χ0n) is 18.6. The number of carbonyl (C=O) groups is 1. The van der Waals surface area contributed by atoms with Crippen LogP contribution in [0.25, 0.3) is 11.4 Å². The lowest BCUT2D eigenvalue weighted by Crippen LogP contribution is -2.45. The second-order valence-electron chi connectivity index (χ2n) is 8.75. The quantitative estimate of drug-likeness (QED) is 0.670. The van der Waals surface area contributed by atoms with Crippen molar-refractivity contribution in [2.24, 2.45) is 5.92 Å². The summed E-state index contributed by atoms with van der Waals surface area (Å²) in [6, 6.07) is 1.88. The molecule has 10 heteroatoms. The lowest BCUT2D eigenvalue weighted by Gasteiger charge is -2.31. The highest BCUT2D eigenvalue weighted by molar-refractivity contribution is 7.91. The third-order valence-corrected chi connectivity index (χ3v) is 9.79. The van der Waals surface area contributed by atoms with Gasteiger partial charge < -0.3 is 9.84 Å². The third-order valence-electron chi connectivity index (χ3n) is 6.47. The van der Waals surface area contributed by atoms with Gasteiger partial charge in [0.15, 0.2) is 0 Å². The summed E-state index contributed by atoms with van der Waals surface area (Å²) in [4.78, 5) is 17.0. The summed E-state index contributed by atoms with van der Waals surface area (Å²) >= 11 is 1.17. The molecule has 2 aromatic heterocycles. The molecule has 0 radical (unpaired) electrons. The summed E-state index contributed by atoms with van der Waals surface area (Å²) in [6.45, 7) is 2.64. The molecule has 8 nitrogen and oxygen atoms in total. The molecule has 1 saturated carbocycles. The maximum atomic E-state index is 13.1. The number of thiophene rings is 1. The minimum Gasteiger partial charge on any atom is -0.353 e. The molecule has 1 N–H and O–H groups in total. The molecule has 32 heavy (non-hydrogen) atoms. The minimum absolute atomic E-state index is 0.0925. The second-order valence-corrected chi connectivity index (χ2v) is 11.8. The number of hydrogen-bond acceptors (Lipinski definition) is 7. The lowest BCUT2D eigenvalue weighted by atomic mass is 9.94. The predicted octanol–water partition coefficient (Wildman–Crippen LogP) is 3.99. The van der Waals surface area contributed by atoms with Crippen molar-refractivity contribution in [2.45, 2.75) is 81.4 Å². The highest BCUT2D eigenvalue weighted by atomic mass is 32.2. The van der Waals surface area contributed by atoms with E-state index in [2.05, 4.69) is 15.5 Å². The number of rotatable bonds is 6. The molecule has 2 aromatic rings. The topological polar surface area (TPSA) is 105 Å². The Morgan fingerprint density at radius 3 is 2.50 bits per heavy atom. The van der Waals surface area contributed by atoms with Gasteiger partial charge in [-0.2, -0.15) is 9.29 Å². The van der Waals surface area contributed by atoms with Crippen molar-refractivity contribution in [1.29, 1.82) is 0 Å². The van der Waals surface area contributed by atoms with E-state index in [1.54, 1.807) is 11.4 Å². The molecule has 3 heterocycles. The largest absolute Gasteiger partial charge is 0.353 e. The lowest BCUT2D eigenvalue weighted by molar-refractivity contribution is -0.127. The van der Waals surface area contributed by atoms with Crippen LogP contribution in [0.15, 0.2) is 20.2 Å². The van der Waals surface area contributed by atoms with Gasteiger partial charge in [0.25, 0.3) is 10.0 Å². The van der Waals surface area contributed by atoms with Crippen LogP contribution in [0.1, 0.15) is 70.6 Å². The van der Waals surface area contributed by atoms with E-state index < -0.39 is 10.0 Å². The first kappa shape index (κ1) is 23.4. The van der Waals surface area contributed by atoms with Gasteiger partial charge in [-0.05, 0) is 31.7 Å². The van der Waals surface area contributed by atoms with Crippen molar-refractivity contribution in [3.05, 3.63) is 17.3 Å². The van der Waals surface area contributed by atoms with Gasteiger partial charge in [0.1, 0.15) is 4.21 Å². The molecule has 1 saturated heterocycles. The number of nitrogens with zero attached hydrogens (tertiary/aromatic N) is 3. The maximum Gasteiger partial charge on any atom is 0.252 e. The Balaban J connectivity index is 1.33. The van der Waals surface area contributed by atoms with Crippen LogP contribution in [0.4, 0.5) is 0 Å². The van der Waals surface area contributed by atoms with E-state index in [-0.39, 0.29) is 22.1 Å². The molecule has 176 valence electrons. The van der Waals surface area contributed by atoms with E-state index in [1.807, 2.05) is 6.92 Å². The van der Waals surface area contributed by atoms with Gasteiger partial charge in [-0.25, -0.2) is 8.42 Å². The van der Waals surface area contributed by atoms with E-state index in [4.69, 9.17) is 4.52 Å². The van der Waals surface area contributed by atoms with Crippen molar-refractivity contribution in [3.8, 4) is 11.4 Å². The second kappa shape index (κ2) is 10.4. The molecule has 2 fully saturated rings. The SMILES string of the molecule is CCc1nc(-c2csc(S(=O)(=O)N3CCC(C(=O)NC4CCCCCCC4)CC3)c2)no1. The third kappa shape index (κ3) is 5.40. The Kier molecular flexibility index (Phi) is 7.63. The Morgan fingerprint density at radius 2 is 1.84 bits per heavy atom. The Hall–Kier alpha value is -1.78. The summed E-state index contributed by atoms with van der Waals surface area (Å²) in [5.74, 6) is 0.909. The first-order valence-electron chi connectivity index (χ1n) is 11.7. The number of aryl methyl sites for hydroxylation is 1. The molecule has 4 rings (SSSR count). The normalized spacial score (nSPS) is 20.0. The fraction of sp³-hybridized carbons (Fsp3) is 0.682. The average molecular weight is 481 g/mol. The molecule has 2 aliphatic rings. The molecule has 0 aromatic carbocycles. The summed E-state index contributed by atoms with van der Waals surface area (Å²) in [6.07, 6.45) is 10.0. The van der Waals surface area contributed by atoms with Crippen LogP contribution in [-0.2, 0) is 21.2 Å². The van der Waals surface area contributed by atoms with Gasteiger partial charge in [-0.15, -0.1) is 11.3 Å². The molecular formula is C22H32N4O4S2. The number of amides is 1. The van der Waals surface area contributed by atoms with Crippen LogP contribution in [-0.4, -0.2) is 47.9 Å². The fourth-order valence-corrected chi connectivity index (χ4v) is 7.27. The van der Waals surface area contributed by atoms with Crippen LogP contribution < -0.4 is 5.32 Å². The standard InChI is InChI=1S/C22H32N4O4S2/c1-2-19-24-21(25-30-19)17-14-20(31-15-17)32(28,29)26-12-10-16(11-13-26)22(27)23-18-8-6-4-3-5-7-9-18/h14-16,18H,2-13H2,1H3,(H,23,27). The van der Waals surface area contributed by atoms with Crippen LogP contribution in [0.2, 0.25) is 0 Å². The smallest absolute Gasteiger partial charge is 0.252 e. The number of carbonyl (C=O) groups excluding carboxylic acids is 1. The van der Waals surface area contributed by atoms with Gasteiger partial charge in [0, 0.05) is 42.4 Å². The van der Waals surface area contributed by atoms with E-state index >= 15 is 0 Å². The summed E-state index contributed by atoms with van der Waals surface area (Å²) in [7, 11) is -3.60. The molecule has 0 spiro atoms. The van der Waals surface area contributed by atoms with Gasteiger partial charge in [0.05, 0.1) is 0 Å². The number of hydrogen-bond donors (Lipinski definition) is 1. The molecule has 1 aliphatic carbocycles. The molecule has 1 aliphatic heterocycles. The van der Waals surface area contributed by atoms with Crippen LogP contribution in [0.5, 0.6) is 0 Å². The van der Waals surface area contributed by atoms with E-state index in [0.29, 0.717) is 49.6 Å². The van der Waals surface area contributed by atoms with Crippen molar-refractivity contribution in [3.63, 3.8) is 0 Å². The van der Waals surface area contributed by atoms with Crippen LogP contribution >= 0.6 is 11.3 Å².